The van der Waals surface area contributed by atoms with Crippen molar-refractivity contribution >= 4 is 17.2 Å². The molecule has 0 radical (unpaired) electrons. The van der Waals surface area contributed by atoms with Gasteiger partial charge in [-0.3, -0.25) is 4.79 Å². The molecule has 0 bridgehead atoms. The Morgan fingerprint density at radius 1 is 1.42 bits per heavy atom. The second-order valence-corrected chi connectivity index (χ2v) is 8.04. The highest BCUT2D eigenvalue weighted by Crippen LogP contribution is 2.36. The number of carbonyl (C=O) groups excluding carboxylic acids is 1. The van der Waals surface area contributed by atoms with Crippen LogP contribution in [0.15, 0.2) is 22.0 Å². The fraction of sp³-hybridized carbons (Fsp3) is 0.588. The van der Waals surface area contributed by atoms with E-state index in [9.17, 15) is 4.79 Å². The Morgan fingerprint density at radius 2 is 2.12 bits per heavy atom. The van der Waals surface area contributed by atoms with E-state index in [0.717, 1.165) is 25.9 Å². The van der Waals surface area contributed by atoms with Crippen molar-refractivity contribution in [2.45, 2.75) is 44.6 Å². The molecule has 0 aromatic carbocycles. The van der Waals surface area contributed by atoms with Crippen LogP contribution in [-0.2, 0) is 15.7 Å². The van der Waals surface area contributed by atoms with Crippen LogP contribution in [-0.4, -0.2) is 41.1 Å². The lowest BCUT2D eigenvalue weighted by molar-refractivity contribution is -0.121. The molecule has 0 atom stereocenters. The number of nitrogens with one attached hydrogen (secondary N) is 1. The molecule has 3 rings (SSSR count). The van der Waals surface area contributed by atoms with E-state index in [0.29, 0.717) is 11.7 Å². The first kappa shape index (κ1) is 17.1. The second-order valence-electron chi connectivity index (χ2n) is 7.09. The molecule has 0 unspecified atom stereocenters. The van der Waals surface area contributed by atoms with Crippen LogP contribution in [0.25, 0.3) is 0 Å². The van der Waals surface area contributed by atoms with E-state index in [4.69, 9.17) is 9.51 Å². The zero-order valence-corrected chi connectivity index (χ0v) is 15.4. The molecule has 1 N–H and O–H groups in total. The molecule has 3 heterocycles. The van der Waals surface area contributed by atoms with Crippen molar-refractivity contribution in [1.29, 1.82) is 0 Å². The van der Waals surface area contributed by atoms with Gasteiger partial charge in [0.05, 0.1) is 5.41 Å². The maximum absolute atomic E-state index is 11.8. The Labute approximate surface area is 146 Å². The Balaban J connectivity index is 1.93. The minimum atomic E-state index is -0.536. The van der Waals surface area contributed by atoms with Crippen LogP contribution in [0.1, 0.15) is 50.2 Å². The number of hydrogen-bond acceptors (Lipinski definition) is 6. The fourth-order valence-electron chi connectivity index (χ4n) is 3.15. The normalized spacial score (nSPS) is 18.5. The molecule has 0 saturated carbocycles. The molecule has 1 aliphatic rings. The van der Waals surface area contributed by atoms with Crippen LogP contribution >= 0.6 is 11.3 Å². The maximum atomic E-state index is 11.8. The molecule has 1 fully saturated rings. The molecule has 2 aromatic heterocycles. The summed E-state index contributed by atoms with van der Waals surface area (Å²) in [6.45, 7) is 7.47. The van der Waals surface area contributed by atoms with Gasteiger partial charge in [0, 0.05) is 24.9 Å². The second kappa shape index (κ2) is 6.29. The van der Waals surface area contributed by atoms with Gasteiger partial charge in [0.1, 0.15) is 5.54 Å². The van der Waals surface area contributed by atoms with Gasteiger partial charge in [0.2, 0.25) is 11.8 Å². The number of aromatic nitrogens is 2. The fourth-order valence-corrected chi connectivity index (χ4v) is 4.00. The average Bonchev–Trinajstić information content (AvgIpc) is 3.21. The smallest absolute Gasteiger partial charge is 0.237 e. The first-order valence-electron chi connectivity index (χ1n) is 8.19. The topological polar surface area (TPSA) is 71.3 Å². The Kier molecular flexibility index (Phi) is 4.48. The summed E-state index contributed by atoms with van der Waals surface area (Å²) in [5, 5.41) is 9.38. The van der Waals surface area contributed by atoms with Gasteiger partial charge in [-0.1, -0.05) is 11.2 Å². The summed E-state index contributed by atoms with van der Waals surface area (Å²) in [6, 6.07) is 4.10. The third kappa shape index (κ3) is 3.10. The van der Waals surface area contributed by atoms with Crippen molar-refractivity contribution in [3.8, 4) is 0 Å². The third-order valence-corrected chi connectivity index (χ3v) is 5.98. The van der Waals surface area contributed by atoms with Gasteiger partial charge in [0.15, 0.2) is 5.82 Å². The molecule has 130 valence electrons. The molecule has 1 amide bonds. The summed E-state index contributed by atoms with van der Waals surface area (Å²) in [4.78, 5) is 19.9. The number of rotatable bonds is 4. The molecule has 6 nitrogen and oxygen atoms in total. The van der Waals surface area contributed by atoms with E-state index in [1.807, 2.05) is 11.4 Å². The van der Waals surface area contributed by atoms with E-state index in [1.54, 1.807) is 11.3 Å². The first-order chi connectivity index (χ1) is 11.3. The molecule has 24 heavy (non-hydrogen) atoms. The first-order valence-corrected chi connectivity index (χ1v) is 9.07. The third-order valence-electron chi connectivity index (χ3n) is 4.78. The van der Waals surface area contributed by atoms with E-state index < -0.39 is 5.54 Å². The Bertz CT molecular complexity index is 700. The lowest BCUT2D eigenvalue weighted by atomic mass is 9.86. The molecule has 1 aliphatic heterocycles. The monoisotopic (exact) mass is 348 g/mol. The number of hydrogen-bond donors (Lipinski definition) is 1. The summed E-state index contributed by atoms with van der Waals surface area (Å²) in [6.07, 6.45) is 1.56. The average molecular weight is 348 g/mol. The lowest BCUT2D eigenvalue weighted by Gasteiger charge is -2.38. The van der Waals surface area contributed by atoms with Gasteiger partial charge in [0.25, 0.3) is 0 Å². The number of likely N-dealkylation sites (tertiary alicyclic amines) is 1. The molecule has 0 aliphatic carbocycles. The van der Waals surface area contributed by atoms with Crippen LogP contribution in [0, 0.1) is 0 Å². The van der Waals surface area contributed by atoms with E-state index in [1.165, 1.54) is 11.8 Å². The van der Waals surface area contributed by atoms with Gasteiger partial charge in [-0.05, 0) is 45.2 Å². The molecule has 7 heteroatoms. The van der Waals surface area contributed by atoms with E-state index in [2.05, 4.69) is 42.3 Å². The predicted octanol–water partition coefficient (Wildman–Crippen LogP) is 2.51. The van der Waals surface area contributed by atoms with Crippen molar-refractivity contribution in [3.63, 3.8) is 0 Å². The van der Waals surface area contributed by atoms with Gasteiger partial charge < -0.3 is 14.7 Å². The van der Waals surface area contributed by atoms with E-state index >= 15 is 0 Å². The van der Waals surface area contributed by atoms with Crippen LogP contribution in [0.3, 0.4) is 0 Å². The maximum Gasteiger partial charge on any atom is 0.237 e. The van der Waals surface area contributed by atoms with Gasteiger partial charge >= 0.3 is 0 Å². The van der Waals surface area contributed by atoms with Crippen LogP contribution < -0.4 is 5.32 Å². The van der Waals surface area contributed by atoms with Gasteiger partial charge in [-0.25, -0.2) is 0 Å². The summed E-state index contributed by atoms with van der Waals surface area (Å²) < 4.78 is 5.62. The number of carbonyl (C=O) groups is 1. The summed E-state index contributed by atoms with van der Waals surface area (Å²) >= 11 is 1.68. The molecular formula is C17H24N4O2S. The standard InChI is InChI=1S/C17H24N4O2S/c1-12(22)19-17(7-9-21(4)10-8-17)14-18-15(23-20-14)16(2,3)13-6-5-11-24-13/h5-6,11H,7-10H2,1-4H3,(H,19,22). The minimum Gasteiger partial charge on any atom is -0.343 e. The summed E-state index contributed by atoms with van der Waals surface area (Å²) in [5.41, 5.74) is -0.881. The number of amides is 1. The number of thiophene rings is 1. The highest BCUT2D eigenvalue weighted by molar-refractivity contribution is 7.10. The summed E-state index contributed by atoms with van der Waals surface area (Å²) in [5.74, 6) is 1.11. The molecule has 1 saturated heterocycles. The van der Waals surface area contributed by atoms with Crippen molar-refractivity contribution in [3.05, 3.63) is 34.1 Å². The van der Waals surface area contributed by atoms with Gasteiger partial charge in [-0.15, -0.1) is 11.3 Å². The number of nitrogens with zero attached hydrogens (tertiary/aromatic N) is 3. The van der Waals surface area contributed by atoms with E-state index in [-0.39, 0.29) is 11.3 Å². The number of piperidine rings is 1. The largest absolute Gasteiger partial charge is 0.343 e. The molecular weight excluding hydrogens is 324 g/mol. The van der Waals surface area contributed by atoms with Crippen molar-refractivity contribution < 1.29 is 9.32 Å². The SMILES string of the molecule is CC(=O)NC1(c2noc(C(C)(C)c3cccs3)n2)CCN(C)CC1. The lowest BCUT2D eigenvalue weighted by Crippen LogP contribution is -2.52. The Hall–Kier alpha value is -1.73. The molecule has 0 spiro atoms. The summed E-state index contributed by atoms with van der Waals surface area (Å²) in [7, 11) is 2.08. The zero-order valence-electron chi connectivity index (χ0n) is 14.6. The highest BCUT2D eigenvalue weighted by Gasteiger charge is 2.42. The van der Waals surface area contributed by atoms with Crippen molar-refractivity contribution in [2.75, 3.05) is 20.1 Å². The van der Waals surface area contributed by atoms with Crippen LogP contribution in [0.2, 0.25) is 0 Å². The molecule has 2 aromatic rings. The van der Waals surface area contributed by atoms with Gasteiger partial charge in [-0.2, -0.15) is 4.98 Å². The van der Waals surface area contributed by atoms with Crippen molar-refractivity contribution in [1.82, 2.24) is 20.4 Å². The quantitative estimate of drug-likeness (QED) is 0.919. The van der Waals surface area contributed by atoms with Crippen LogP contribution in [0.4, 0.5) is 0 Å². The zero-order chi connectivity index (χ0) is 17.4. The van der Waals surface area contributed by atoms with Crippen molar-refractivity contribution in [2.24, 2.45) is 0 Å². The van der Waals surface area contributed by atoms with Crippen LogP contribution in [0.5, 0.6) is 0 Å². The predicted molar refractivity (Wildman–Crippen MR) is 93.0 cm³/mol. The Morgan fingerprint density at radius 3 is 2.71 bits per heavy atom. The highest BCUT2D eigenvalue weighted by atomic mass is 32.1. The minimum absolute atomic E-state index is 0.0663.